The molecule has 23 heavy (non-hydrogen) atoms. The molecule has 0 aliphatic heterocycles. The van der Waals surface area contributed by atoms with Gasteiger partial charge in [-0.25, -0.2) is 0 Å². The highest BCUT2D eigenvalue weighted by molar-refractivity contribution is 6.39. The van der Waals surface area contributed by atoms with Crippen molar-refractivity contribution in [1.29, 1.82) is 0 Å². The third-order valence-electron chi connectivity index (χ3n) is 3.22. The highest BCUT2D eigenvalue weighted by atomic mass is 16.5. The summed E-state index contributed by atoms with van der Waals surface area (Å²) in [6.45, 7) is 5.37. The molecule has 0 spiro atoms. The van der Waals surface area contributed by atoms with Crippen molar-refractivity contribution in [2.45, 2.75) is 33.6 Å². The Morgan fingerprint density at radius 2 is 1.83 bits per heavy atom. The van der Waals surface area contributed by atoms with E-state index in [1.54, 1.807) is 13.8 Å². The Morgan fingerprint density at radius 1 is 1.17 bits per heavy atom. The number of anilines is 1. The van der Waals surface area contributed by atoms with Gasteiger partial charge in [0.15, 0.2) is 17.5 Å². The second-order valence-electron chi connectivity index (χ2n) is 4.83. The number of esters is 1. The van der Waals surface area contributed by atoms with E-state index in [4.69, 9.17) is 4.74 Å². The van der Waals surface area contributed by atoms with Crippen LogP contribution in [-0.2, 0) is 25.5 Å². The molecular formula is C17H22N2O4. The van der Waals surface area contributed by atoms with E-state index in [2.05, 4.69) is 17.5 Å². The Bertz CT molecular complexity index is 579. The number of hydrogen-bond acceptors (Lipinski definition) is 6. The number of carbonyl (C=O) groups excluding carboxylic acids is 3. The maximum absolute atomic E-state index is 12.0. The van der Waals surface area contributed by atoms with Crippen molar-refractivity contribution in [3.8, 4) is 0 Å². The van der Waals surface area contributed by atoms with Crippen molar-refractivity contribution in [1.82, 2.24) is 0 Å². The van der Waals surface area contributed by atoms with Crippen molar-refractivity contribution in [3.05, 3.63) is 29.8 Å². The molecule has 1 unspecified atom stereocenters. The number of hydrazone groups is 1. The average Bonchev–Trinajstić information content (AvgIpc) is 2.55. The van der Waals surface area contributed by atoms with Gasteiger partial charge in [0.1, 0.15) is 0 Å². The van der Waals surface area contributed by atoms with E-state index in [9.17, 15) is 14.4 Å². The van der Waals surface area contributed by atoms with Gasteiger partial charge in [-0.1, -0.05) is 26.0 Å². The number of Topliss-reactive ketones (excluding diaryl/α,β-unsaturated/α-hetero) is 2. The van der Waals surface area contributed by atoms with Gasteiger partial charge in [-0.2, -0.15) is 5.10 Å². The van der Waals surface area contributed by atoms with Crippen LogP contribution < -0.4 is 5.43 Å². The minimum absolute atomic E-state index is 0.0783. The number of aryl methyl sites for hydroxylation is 1. The van der Waals surface area contributed by atoms with Crippen LogP contribution in [0.1, 0.15) is 32.8 Å². The predicted octanol–water partition coefficient (Wildman–Crippen LogP) is 2.37. The molecule has 0 heterocycles. The smallest absolute Gasteiger partial charge is 0.324 e. The van der Waals surface area contributed by atoms with Crippen LogP contribution in [0.4, 0.5) is 5.69 Å². The van der Waals surface area contributed by atoms with Gasteiger partial charge in [0.2, 0.25) is 0 Å². The maximum atomic E-state index is 12.0. The van der Waals surface area contributed by atoms with Gasteiger partial charge in [0.05, 0.1) is 18.5 Å². The van der Waals surface area contributed by atoms with E-state index < -0.39 is 23.5 Å². The number of rotatable bonds is 9. The fraction of sp³-hybridized carbons (Fsp3) is 0.412. The van der Waals surface area contributed by atoms with Crippen molar-refractivity contribution in [3.63, 3.8) is 0 Å². The summed E-state index contributed by atoms with van der Waals surface area (Å²) in [6, 6.07) is 7.56. The van der Waals surface area contributed by atoms with E-state index in [1.807, 2.05) is 24.3 Å². The molecule has 0 radical (unpaired) electrons. The minimum Gasteiger partial charge on any atom is -0.465 e. The summed E-state index contributed by atoms with van der Waals surface area (Å²) in [5.41, 5.74) is 4.59. The van der Waals surface area contributed by atoms with Gasteiger partial charge in [-0.05, 0) is 31.0 Å². The summed E-state index contributed by atoms with van der Waals surface area (Å²) in [6.07, 6.45) is 1.96. The van der Waals surface area contributed by atoms with Gasteiger partial charge in [-0.15, -0.1) is 0 Å². The summed E-state index contributed by atoms with van der Waals surface area (Å²) in [5, 5.41) is 3.79. The van der Waals surface area contributed by atoms with Gasteiger partial charge < -0.3 is 4.74 Å². The number of nitrogens with zero attached hydrogens (tertiary/aromatic N) is 1. The zero-order chi connectivity index (χ0) is 17.2. The largest absolute Gasteiger partial charge is 0.465 e. The molecule has 1 N–H and O–H groups in total. The van der Waals surface area contributed by atoms with Crippen molar-refractivity contribution < 1.29 is 19.1 Å². The number of ether oxygens (including phenoxy) is 1. The molecular weight excluding hydrogens is 296 g/mol. The quantitative estimate of drug-likeness (QED) is 0.327. The van der Waals surface area contributed by atoms with E-state index in [1.165, 1.54) is 5.56 Å². The third-order valence-corrected chi connectivity index (χ3v) is 3.22. The van der Waals surface area contributed by atoms with Crippen molar-refractivity contribution >= 4 is 29.4 Å². The van der Waals surface area contributed by atoms with E-state index in [-0.39, 0.29) is 13.0 Å². The molecule has 0 aromatic heterocycles. The van der Waals surface area contributed by atoms with Crippen LogP contribution >= 0.6 is 0 Å². The monoisotopic (exact) mass is 318 g/mol. The number of carbonyl (C=O) groups is 3. The first-order valence-electron chi connectivity index (χ1n) is 7.64. The molecule has 1 aromatic rings. The molecule has 6 heteroatoms. The Morgan fingerprint density at radius 3 is 2.35 bits per heavy atom. The lowest BCUT2D eigenvalue weighted by molar-refractivity contribution is -0.153. The highest BCUT2D eigenvalue weighted by Gasteiger charge is 2.32. The molecule has 1 atom stereocenters. The first-order chi connectivity index (χ1) is 11.0. The minimum atomic E-state index is -1.44. The molecule has 0 saturated heterocycles. The molecule has 0 fully saturated rings. The fourth-order valence-electron chi connectivity index (χ4n) is 1.90. The number of nitrogens with one attached hydrogen (secondary N) is 1. The van der Waals surface area contributed by atoms with E-state index in [0.29, 0.717) is 5.69 Å². The molecule has 0 aliphatic carbocycles. The van der Waals surface area contributed by atoms with E-state index in [0.717, 1.165) is 12.6 Å². The zero-order valence-electron chi connectivity index (χ0n) is 13.7. The molecule has 124 valence electrons. The van der Waals surface area contributed by atoms with E-state index >= 15 is 0 Å². The van der Waals surface area contributed by atoms with Gasteiger partial charge in [0.25, 0.3) is 0 Å². The van der Waals surface area contributed by atoms with Crippen LogP contribution in [0.25, 0.3) is 0 Å². The summed E-state index contributed by atoms with van der Waals surface area (Å²) >= 11 is 0. The summed E-state index contributed by atoms with van der Waals surface area (Å²) in [7, 11) is 0. The molecule has 0 saturated carbocycles. The Hall–Kier alpha value is -2.50. The van der Waals surface area contributed by atoms with Crippen LogP contribution in [0.15, 0.2) is 29.4 Å². The predicted molar refractivity (Wildman–Crippen MR) is 88.4 cm³/mol. The lowest BCUT2D eigenvalue weighted by Crippen LogP contribution is -2.34. The topological polar surface area (TPSA) is 84.8 Å². The molecule has 1 rings (SSSR count). The Kier molecular flexibility index (Phi) is 7.66. The van der Waals surface area contributed by atoms with Crippen LogP contribution in [0, 0.1) is 5.92 Å². The summed E-state index contributed by atoms with van der Waals surface area (Å²) in [4.78, 5) is 35.6. The molecule has 0 amide bonds. The van der Waals surface area contributed by atoms with Crippen molar-refractivity contribution in [2.24, 2.45) is 11.0 Å². The summed E-state index contributed by atoms with van der Waals surface area (Å²) in [5.74, 6) is -3.43. The average molecular weight is 318 g/mol. The summed E-state index contributed by atoms with van der Waals surface area (Å²) < 4.78 is 4.78. The first-order valence-corrected chi connectivity index (χ1v) is 7.64. The van der Waals surface area contributed by atoms with Gasteiger partial charge in [0, 0.05) is 6.42 Å². The Labute approximate surface area is 135 Å². The number of hydrogen-bond donors (Lipinski definition) is 1. The Balaban J connectivity index is 2.72. The number of benzene rings is 1. The highest BCUT2D eigenvalue weighted by Crippen LogP contribution is 2.10. The molecule has 1 aromatic carbocycles. The lowest BCUT2D eigenvalue weighted by Gasteiger charge is -2.10. The molecule has 0 bridgehead atoms. The SMILES string of the molecule is CCOC(=O)C(C(=O)/C=N\Nc1ccc(CC)cc1)C(=O)CC. The second kappa shape index (κ2) is 9.50. The van der Waals surface area contributed by atoms with Crippen LogP contribution in [0.2, 0.25) is 0 Å². The number of ketones is 2. The van der Waals surface area contributed by atoms with Crippen molar-refractivity contribution in [2.75, 3.05) is 12.0 Å². The van der Waals surface area contributed by atoms with Gasteiger partial charge in [-0.3, -0.25) is 19.8 Å². The normalized spacial score (nSPS) is 12.0. The van der Waals surface area contributed by atoms with Gasteiger partial charge >= 0.3 is 5.97 Å². The fourth-order valence-corrected chi connectivity index (χ4v) is 1.90. The van der Waals surface area contributed by atoms with Crippen LogP contribution in [0.3, 0.4) is 0 Å². The first kappa shape index (κ1) is 18.5. The molecule has 0 aliphatic rings. The zero-order valence-corrected chi connectivity index (χ0v) is 13.7. The standard InChI is InChI=1S/C17H22N2O4/c1-4-12-7-9-13(10-8-12)19-18-11-15(21)16(14(20)5-2)17(22)23-6-3/h7-11,16,19H,4-6H2,1-3H3/b18-11-. The lowest BCUT2D eigenvalue weighted by atomic mass is 9.98. The van der Waals surface area contributed by atoms with Crippen LogP contribution in [-0.4, -0.2) is 30.4 Å². The third kappa shape index (κ3) is 5.65. The second-order valence-corrected chi connectivity index (χ2v) is 4.83. The maximum Gasteiger partial charge on any atom is 0.324 e. The van der Waals surface area contributed by atoms with Crippen LogP contribution in [0.5, 0.6) is 0 Å². The molecule has 6 nitrogen and oxygen atoms in total.